The first-order chi connectivity index (χ1) is 5.67. The topological polar surface area (TPSA) is 12.5 Å². The molecule has 0 fully saturated rings. The second-order valence-corrected chi connectivity index (χ2v) is 3.70. The minimum atomic E-state index is 0.366. The van der Waals surface area contributed by atoms with Crippen molar-refractivity contribution in [2.45, 2.75) is 26.3 Å². The Morgan fingerprint density at radius 3 is 2.42 bits per heavy atom. The van der Waals surface area contributed by atoms with E-state index in [9.17, 15) is 0 Å². The van der Waals surface area contributed by atoms with Gasteiger partial charge in [0, 0.05) is 13.7 Å². The maximum absolute atomic E-state index is 5.09. The Kier molecular flexibility index (Phi) is 6.80. The van der Waals surface area contributed by atoms with E-state index in [2.05, 4.69) is 31.4 Å². The van der Waals surface area contributed by atoms with Gasteiger partial charge in [0.1, 0.15) is 4.32 Å². The van der Waals surface area contributed by atoms with Gasteiger partial charge in [-0.3, -0.25) is 0 Å². The van der Waals surface area contributed by atoms with Crippen molar-refractivity contribution < 1.29 is 4.74 Å². The summed E-state index contributed by atoms with van der Waals surface area (Å²) in [5.74, 6) is 0. The Hall–Kier alpha value is 0.200. The molecular weight excluding hydrogens is 190 g/mol. The maximum atomic E-state index is 5.09. The molecule has 0 saturated heterocycles. The number of rotatable bonds is 5. The smallest absolute Gasteiger partial charge is 0.133 e. The Balaban J connectivity index is 4.12. The molecule has 0 spiro atoms. The van der Waals surface area contributed by atoms with E-state index < -0.39 is 0 Å². The van der Waals surface area contributed by atoms with Crippen molar-refractivity contribution in [3.63, 3.8) is 0 Å². The van der Waals surface area contributed by atoms with E-state index in [1.54, 1.807) is 7.11 Å². The Morgan fingerprint density at radius 2 is 2.17 bits per heavy atom. The lowest BCUT2D eigenvalue weighted by molar-refractivity contribution is 0.130. The number of hydrogen-bond donors (Lipinski definition) is 1. The molecule has 72 valence electrons. The number of nitrogens with zero attached hydrogens (tertiary/aromatic N) is 1. The third kappa shape index (κ3) is 3.74. The predicted octanol–water partition coefficient (Wildman–Crippen LogP) is 1.95. The SMILES string of the molecule is CCC(COC)N(CC)C(=S)S. The molecule has 1 atom stereocenters. The quantitative estimate of drug-likeness (QED) is 0.547. The van der Waals surface area contributed by atoms with Crippen LogP contribution in [0.25, 0.3) is 0 Å². The molecule has 0 N–H and O–H groups in total. The first-order valence-corrected chi connectivity index (χ1v) is 5.01. The molecule has 4 heteroatoms. The van der Waals surface area contributed by atoms with Gasteiger partial charge in [0.15, 0.2) is 0 Å². The fourth-order valence-corrected chi connectivity index (χ4v) is 1.75. The van der Waals surface area contributed by atoms with Crippen LogP contribution in [0.4, 0.5) is 0 Å². The lowest BCUT2D eigenvalue weighted by Gasteiger charge is -2.29. The lowest BCUT2D eigenvalue weighted by Crippen LogP contribution is -2.39. The van der Waals surface area contributed by atoms with E-state index in [0.29, 0.717) is 17.0 Å². The summed E-state index contributed by atoms with van der Waals surface area (Å²) in [6, 6.07) is 0.366. The van der Waals surface area contributed by atoms with E-state index in [1.807, 2.05) is 0 Å². The number of methoxy groups -OCH3 is 1. The molecule has 0 aliphatic carbocycles. The number of ether oxygens (including phenoxy) is 1. The summed E-state index contributed by atoms with van der Waals surface area (Å²) in [7, 11) is 1.71. The lowest BCUT2D eigenvalue weighted by atomic mass is 10.2. The van der Waals surface area contributed by atoms with Gasteiger partial charge in [-0.25, -0.2) is 0 Å². The molecular formula is C8H17NOS2. The van der Waals surface area contributed by atoms with Gasteiger partial charge >= 0.3 is 0 Å². The summed E-state index contributed by atoms with van der Waals surface area (Å²) < 4.78 is 5.75. The highest BCUT2D eigenvalue weighted by Gasteiger charge is 2.15. The summed E-state index contributed by atoms with van der Waals surface area (Å²) in [6.07, 6.45) is 1.03. The van der Waals surface area contributed by atoms with Crippen LogP contribution in [0.15, 0.2) is 0 Å². The molecule has 0 heterocycles. The normalized spacial score (nSPS) is 12.7. The monoisotopic (exact) mass is 207 g/mol. The highest BCUT2D eigenvalue weighted by Crippen LogP contribution is 2.07. The fourth-order valence-electron chi connectivity index (χ4n) is 1.17. The third-order valence-corrected chi connectivity index (χ3v) is 2.35. The second kappa shape index (κ2) is 6.69. The van der Waals surface area contributed by atoms with Crippen LogP contribution < -0.4 is 0 Å². The maximum Gasteiger partial charge on any atom is 0.133 e. The number of thiocarbonyl (C=S) groups is 1. The first-order valence-electron chi connectivity index (χ1n) is 4.15. The van der Waals surface area contributed by atoms with Gasteiger partial charge in [-0.1, -0.05) is 19.1 Å². The Morgan fingerprint density at radius 1 is 1.58 bits per heavy atom. The summed E-state index contributed by atoms with van der Waals surface area (Å²) in [5, 5.41) is 0. The number of thiol groups is 1. The van der Waals surface area contributed by atoms with E-state index in [0.717, 1.165) is 13.0 Å². The number of hydrogen-bond acceptors (Lipinski definition) is 2. The van der Waals surface area contributed by atoms with Crippen LogP contribution in [0.5, 0.6) is 0 Å². The zero-order valence-electron chi connectivity index (χ0n) is 7.91. The molecule has 0 radical (unpaired) electrons. The summed E-state index contributed by atoms with van der Waals surface area (Å²) in [5.41, 5.74) is 0. The summed E-state index contributed by atoms with van der Waals surface area (Å²) in [6.45, 7) is 5.80. The van der Waals surface area contributed by atoms with Crippen molar-refractivity contribution >= 4 is 29.2 Å². The summed E-state index contributed by atoms with van der Waals surface area (Å²) in [4.78, 5) is 2.07. The van der Waals surface area contributed by atoms with Crippen LogP contribution in [-0.4, -0.2) is 35.5 Å². The Labute approximate surface area is 85.7 Å². The van der Waals surface area contributed by atoms with Crippen LogP contribution in [0.2, 0.25) is 0 Å². The van der Waals surface area contributed by atoms with Gasteiger partial charge in [-0.05, 0) is 13.3 Å². The highest BCUT2D eigenvalue weighted by molar-refractivity contribution is 8.10. The van der Waals surface area contributed by atoms with Crippen LogP contribution in [-0.2, 0) is 4.74 Å². The van der Waals surface area contributed by atoms with Crippen molar-refractivity contribution in [2.75, 3.05) is 20.3 Å². The molecule has 12 heavy (non-hydrogen) atoms. The van der Waals surface area contributed by atoms with Crippen molar-refractivity contribution in [3.8, 4) is 0 Å². The molecule has 0 aromatic rings. The van der Waals surface area contributed by atoms with E-state index in [-0.39, 0.29) is 0 Å². The zero-order chi connectivity index (χ0) is 9.56. The van der Waals surface area contributed by atoms with Crippen molar-refractivity contribution in [2.24, 2.45) is 0 Å². The third-order valence-electron chi connectivity index (χ3n) is 1.86. The number of likely N-dealkylation sites (N-methyl/N-ethyl adjacent to an activating group) is 1. The largest absolute Gasteiger partial charge is 0.383 e. The van der Waals surface area contributed by atoms with Crippen LogP contribution in [0.1, 0.15) is 20.3 Å². The van der Waals surface area contributed by atoms with Gasteiger partial charge in [-0.15, -0.1) is 12.6 Å². The van der Waals surface area contributed by atoms with Crippen LogP contribution >= 0.6 is 24.8 Å². The van der Waals surface area contributed by atoms with Crippen molar-refractivity contribution in [1.29, 1.82) is 0 Å². The minimum absolute atomic E-state index is 0.366. The molecule has 0 aliphatic rings. The van der Waals surface area contributed by atoms with Gasteiger partial charge in [0.25, 0.3) is 0 Å². The molecule has 0 aliphatic heterocycles. The van der Waals surface area contributed by atoms with Crippen molar-refractivity contribution in [3.05, 3.63) is 0 Å². The van der Waals surface area contributed by atoms with Gasteiger partial charge in [-0.2, -0.15) is 0 Å². The average Bonchev–Trinajstić information content (AvgIpc) is 2.03. The standard InChI is InChI=1S/C8H17NOS2/c1-4-7(6-10-3)9(5-2)8(11)12/h7H,4-6H2,1-3H3,(H,11,12). The average molecular weight is 207 g/mol. The van der Waals surface area contributed by atoms with E-state index in [4.69, 9.17) is 17.0 Å². The molecule has 0 amide bonds. The predicted molar refractivity (Wildman–Crippen MR) is 59.9 cm³/mol. The molecule has 0 bridgehead atoms. The molecule has 0 aromatic heterocycles. The molecule has 0 rings (SSSR count). The van der Waals surface area contributed by atoms with Crippen LogP contribution in [0, 0.1) is 0 Å². The fraction of sp³-hybridized carbons (Fsp3) is 0.875. The summed E-state index contributed by atoms with van der Waals surface area (Å²) >= 11 is 9.17. The Bertz CT molecular complexity index is 141. The highest BCUT2D eigenvalue weighted by atomic mass is 32.1. The van der Waals surface area contributed by atoms with E-state index >= 15 is 0 Å². The molecule has 1 unspecified atom stereocenters. The second-order valence-electron chi connectivity index (χ2n) is 2.59. The van der Waals surface area contributed by atoms with Crippen LogP contribution in [0.3, 0.4) is 0 Å². The molecule has 2 nitrogen and oxygen atoms in total. The molecule has 0 aromatic carbocycles. The van der Waals surface area contributed by atoms with Gasteiger partial charge < -0.3 is 9.64 Å². The van der Waals surface area contributed by atoms with Gasteiger partial charge in [0.05, 0.1) is 12.6 Å². The first kappa shape index (κ1) is 12.2. The zero-order valence-corrected chi connectivity index (χ0v) is 9.62. The van der Waals surface area contributed by atoms with Crippen molar-refractivity contribution in [1.82, 2.24) is 4.90 Å². The minimum Gasteiger partial charge on any atom is -0.383 e. The van der Waals surface area contributed by atoms with Gasteiger partial charge in [0.2, 0.25) is 0 Å². The van der Waals surface area contributed by atoms with E-state index in [1.165, 1.54) is 0 Å². The molecule has 0 saturated carbocycles.